The van der Waals surface area contributed by atoms with Gasteiger partial charge in [0, 0.05) is 5.92 Å². The number of methoxy groups -OCH3 is 1. The minimum atomic E-state index is -4.42. The second-order valence-corrected chi connectivity index (χ2v) is 4.84. The van der Waals surface area contributed by atoms with Gasteiger partial charge in [0.05, 0.1) is 18.5 Å². The van der Waals surface area contributed by atoms with Crippen LogP contribution < -0.4 is 4.74 Å². The van der Waals surface area contributed by atoms with Crippen molar-refractivity contribution >= 4 is 0 Å². The lowest BCUT2D eigenvalue weighted by atomic mass is 10.2. The summed E-state index contributed by atoms with van der Waals surface area (Å²) in [6.45, 7) is 0. The van der Waals surface area contributed by atoms with E-state index in [4.69, 9.17) is 4.74 Å². The number of halogens is 3. The molecule has 106 valence electrons. The first-order valence-corrected chi connectivity index (χ1v) is 6.30. The molecule has 1 aliphatic rings. The summed E-state index contributed by atoms with van der Waals surface area (Å²) in [5.74, 6) is 0.771. The lowest BCUT2D eigenvalue weighted by molar-refractivity contribution is -0.142. The van der Waals surface area contributed by atoms with Gasteiger partial charge >= 0.3 is 6.18 Å². The molecule has 1 heterocycles. The predicted octanol–water partition coefficient (Wildman–Crippen LogP) is 3.78. The van der Waals surface area contributed by atoms with Crippen LogP contribution >= 0.6 is 0 Å². The molecule has 0 aliphatic heterocycles. The fourth-order valence-corrected chi connectivity index (χ4v) is 2.10. The first-order chi connectivity index (χ1) is 9.49. The summed E-state index contributed by atoms with van der Waals surface area (Å²) >= 11 is 0. The van der Waals surface area contributed by atoms with E-state index >= 15 is 0 Å². The minimum Gasteiger partial charge on any atom is -0.497 e. The van der Waals surface area contributed by atoms with Crippen LogP contribution in [-0.4, -0.2) is 16.9 Å². The molecule has 0 spiro atoms. The SMILES string of the molecule is COc1ccc(-n2nc(C3CC3)cc2C(F)(F)F)cc1. The summed E-state index contributed by atoms with van der Waals surface area (Å²) < 4.78 is 45.2. The smallest absolute Gasteiger partial charge is 0.433 e. The van der Waals surface area contributed by atoms with Gasteiger partial charge < -0.3 is 4.74 Å². The number of hydrogen-bond acceptors (Lipinski definition) is 2. The van der Waals surface area contributed by atoms with Gasteiger partial charge in [0.1, 0.15) is 11.4 Å². The minimum absolute atomic E-state index is 0.176. The normalized spacial score (nSPS) is 15.4. The summed E-state index contributed by atoms with van der Waals surface area (Å²) in [4.78, 5) is 0. The van der Waals surface area contributed by atoms with E-state index in [1.54, 1.807) is 24.3 Å². The molecular weight excluding hydrogens is 269 g/mol. The standard InChI is InChI=1S/C14H13F3N2O/c1-20-11-6-4-10(5-7-11)19-13(14(15,16)17)8-12(18-19)9-2-3-9/h4-9H,2-3H2,1H3. The van der Waals surface area contributed by atoms with Crippen molar-refractivity contribution < 1.29 is 17.9 Å². The number of benzene rings is 1. The van der Waals surface area contributed by atoms with Crippen LogP contribution in [0.5, 0.6) is 5.75 Å². The molecule has 1 aromatic carbocycles. The first kappa shape index (κ1) is 13.0. The second-order valence-electron chi connectivity index (χ2n) is 4.84. The zero-order valence-electron chi connectivity index (χ0n) is 10.8. The summed E-state index contributed by atoms with van der Waals surface area (Å²) in [5.41, 5.74) is 0.169. The molecular formula is C14H13F3N2O. The Bertz CT molecular complexity index is 612. The summed E-state index contributed by atoms with van der Waals surface area (Å²) in [5, 5.41) is 4.12. The van der Waals surface area contributed by atoms with Crippen LogP contribution in [0, 0.1) is 0 Å². The monoisotopic (exact) mass is 282 g/mol. The van der Waals surface area contributed by atoms with Gasteiger partial charge in [-0.05, 0) is 43.2 Å². The Hall–Kier alpha value is -1.98. The molecule has 0 bridgehead atoms. The molecule has 0 N–H and O–H groups in total. The van der Waals surface area contributed by atoms with Crippen molar-refractivity contribution in [3.05, 3.63) is 41.7 Å². The van der Waals surface area contributed by atoms with E-state index in [2.05, 4.69) is 5.10 Å². The second kappa shape index (κ2) is 4.54. The van der Waals surface area contributed by atoms with Crippen LogP contribution in [0.2, 0.25) is 0 Å². The Morgan fingerprint density at radius 1 is 1.20 bits per heavy atom. The zero-order chi connectivity index (χ0) is 14.3. The molecule has 20 heavy (non-hydrogen) atoms. The molecule has 0 atom stereocenters. The summed E-state index contributed by atoms with van der Waals surface area (Å²) in [6.07, 6.45) is -2.59. The van der Waals surface area contributed by atoms with Crippen LogP contribution in [0.3, 0.4) is 0 Å². The van der Waals surface area contributed by atoms with Crippen molar-refractivity contribution in [1.82, 2.24) is 9.78 Å². The van der Waals surface area contributed by atoms with E-state index < -0.39 is 11.9 Å². The van der Waals surface area contributed by atoms with Gasteiger partial charge in [-0.1, -0.05) is 0 Å². The number of hydrogen-bond donors (Lipinski definition) is 0. The van der Waals surface area contributed by atoms with Gasteiger partial charge in [0.25, 0.3) is 0 Å². The molecule has 0 radical (unpaired) electrons. The van der Waals surface area contributed by atoms with Gasteiger partial charge in [0.15, 0.2) is 0 Å². The van der Waals surface area contributed by atoms with E-state index in [1.165, 1.54) is 7.11 Å². The average Bonchev–Trinajstić information content (AvgIpc) is 3.16. The number of aromatic nitrogens is 2. The highest BCUT2D eigenvalue weighted by Crippen LogP contribution is 2.42. The Labute approximate surface area is 114 Å². The quantitative estimate of drug-likeness (QED) is 0.856. The predicted molar refractivity (Wildman–Crippen MR) is 67.1 cm³/mol. The molecule has 1 fully saturated rings. The number of ether oxygens (including phenoxy) is 1. The van der Waals surface area contributed by atoms with Gasteiger partial charge in [-0.3, -0.25) is 0 Å². The van der Waals surface area contributed by atoms with Crippen LogP contribution in [0.1, 0.15) is 30.1 Å². The molecule has 3 nitrogen and oxygen atoms in total. The highest BCUT2D eigenvalue weighted by molar-refractivity contribution is 5.39. The van der Waals surface area contributed by atoms with E-state index in [1.807, 2.05) is 0 Å². The fraction of sp³-hybridized carbons (Fsp3) is 0.357. The fourth-order valence-electron chi connectivity index (χ4n) is 2.10. The maximum atomic E-state index is 13.1. The Kier molecular flexibility index (Phi) is 2.96. The molecule has 2 aromatic rings. The van der Waals surface area contributed by atoms with Crippen molar-refractivity contribution in [3.8, 4) is 11.4 Å². The number of rotatable bonds is 3. The topological polar surface area (TPSA) is 27.1 Å². The van der Waals surface area contributed by atoms with Gasteiger partial charge in [0.2, 0.25) is 0 Å². The lowest BCUT2D eigenvalue weighted by Gasteiger charge is -2.10. The van der Waals surface area contributed by atoms with Gasteiger partial charge in [-0.2, -0.15) is 18.3 Å². The van der Waals surface area contributed by atoms with Crippen LogP contribution in [0.4, 0.5) is 13.2 Å². The first-order valence-electron chi connectivity index (χ1n) is 6.30. The van der Waals surface area contributed by atoms with Gasteiger partial charge in [-0.25, -0.2) is 4.68 Å². The van der Waals surface area contributed by atoms with Crippen LogP contribution in [-0.2, 0) is 6.18 Å². The third-order valence-electron chi connectivity index (χ3n) is 3.33. The molecule has 0 unspecified atom stereocenters. The average molecular weight is 282 g/mol. The van der Waals surface area contributed by atoms with Crippen molar-refractivity contribution in [2.45, 2.75) is 24.9 Å². The molecule has 1 aliphatic carbocycles. The van der Waals surface area contributed by atoms with Crippen molar-refractivity contribution in [3.63, 3.8) is 0 Å². The van der Waals surface area contributed by atoms with Crippen molar-refractivity contribution in [2.75, 3.05) is 7.11 Å². The maximum absolute atomic E-state index is 13.1. The highest BCUT2D eigenvalue weighted by atomic mass is 19.4. The lowest BCUT2D eigenvalue weighted by Crippen LogP contribution is -2.13. The van der Waals surface area contributed by atoms with Crippen LogP contribution in [0.25, 0.3) is 5.69 Å². The van der Waals surface area contributed by atoms with E-state index in [0.717, 1.165) is 23.6 Å². The van der Waals surface area contributed by atoms with Crippen molar-refractivity contribution in [2.24, 2.45) is 0 Å². The highest BCUT2D eigenvalue weighted by Gasteiger charge is 2.38. The molecule has 0 saturated heterocycles. The Morgan fingerprint density at radius 2 is 1.85 bits per heavy atom. The molecule has 1 saturated carbocycles. The third-order valence-corrected chi connectivity index (χ3v) is 3.33. The third kappa shape index (κ3) is 2.37. The summed E-state index contributed by atoms with van der Waals surface area (Å²) in [7, 11) is 1.51. The van der Waals surface area contributed by atoms with Crippen LogP contribution in [0.15, 0.2) is 30.3 Å². The largest absolute Gasteiger partial charge is 0.497 e. The molecule has 6 heteroatoms. The Balaban J connectivity index is 2.05. The van der Waals surface area contributed by atoms with Crippen molar-refractivity contribution in [1.29, 1.82) is 0 Å². The molecule has 1 aromatic heterocycles. The van der Waals surface area contributed by atoms with E-state index in [0.29, 0.717) is 17.1 Å². The molecule has 0 amide bonds. The van der Waals surface area contributed by atoms with E-state index in [9.17, 15) is 13.2 Å². The maximum Gasteiger partial charge on any atom is 0.433 e. The number of nitrogens with zero attached hydrogens (tertiary/aromatic N) is 2. The van der Waals surface area contributed by atoms with E-state index in [-0.39, 0.29) is 5.92 Å². The Morgan fingerprint density at radius 3 is 2.35 bits per heavy atom. The molecule has 3 rings (SSSR count). The zero-order valence-corrected chi connectivity index (χ0v) is 10.8. The number of alkyl halides is 3. The van der Waals surface area contributed by atoms with Gasteiger partial charge in [-0.15, -0.1) is 0 Å². The summed E-state index contributed by atoms with van der Waals surface area (Å²) in [6, 6.07) is 7.53.